The number of aromatic nitrogens is 3. The van der Waals surface area contributed by atoms with Crippen LogP contribution < -0.4 is 5.32 Å². The van der Waals surface area contributed by atoms with Gasteiger partial charge in [0.2, 0.25) is 11.1 Å². The van der Waals surface area contributed by atoms with Crippen molar-refractivity contribution in [3.63, 3.8) is 0 Å². The molecule has 0 saturated carbocycles. The van der Waals surface area contributed by atoms with Crippen molar-refractivity contribution in [3.05, 3.63) is 86.6 Å². The summed E-state index contributed by atoms with van der Waals surface area (Å²) >= 11 is 1.31. The second-order valence-corrected chi connectivity index (χ2v) is 8.72. The van der Waals surface area contributed by atoms with Gasteiger partial charge in [-0.25, -0.2) is 13.5 Å². The van der Waals surface area contributed by atoms with Gasteiger partial charge in [-0.3, -0.25) is 14.9 Å². The summed E-state index contributed by atoms with van der Waals surface area (Å²) in [6.45, 7) is 0. The lowest BCUT2D eigenvalue weighted by Gasteiger charge is -2.32. The zero-order valence-corrected chi connectivity index (χ0v) is 17.9. The fourth-order valence-corrected chi connectivity index (χ4v) is 4.89. The zero-order chi connectivity index (χ0) is 23.1. The minimum Gasteiger partial charge on any atom is -0.328 e. The van der Waals surface area contributed by atoms with Crippen molar-refractivity contribution in [3.8, 4) is 0 Å². The van der Waals surface area contributed by atoms with Crippen LogP contribution in [-0.4, -0.2) is 25.5 Å². The molecule has 0 radical (unpaired) electrons. The highest BCUT2D eigenvalue weighted by Crippen LogP contribution is 2.41. The van der Waals surface area contributed by atoms with E-state index in [1.54, 1.807) is 12.1 Å². The van der Waals surface area contributed by atoms with Crippen LogP contribution in [0, 0.1) is 21.7 Å². The molecule has 1 N–H and O–H groups in total. The number of hydrogen-bond acceptors (Lipinski definition) is 7. The van der Waals surface area contributed by atoms with Gasteiger partial charge in [-0.15, -0.1) is 5.10 Å². The minimum atomic E-state index is -0.782. The smallest absolute Gasteiger partial charge is 0.269 e. The molecule has 2 aliphatic rings. The number of nitrogens with zero attached hydrogens (tertiary/aromatic N) is 4. The number of ketones is 1. The van der Waals surface area contributed by atoms with Crippen LogP contribution in [0.15, 0.2) is 58.9 Å². The van der Waals surface area contributed by atoms with E-state index in [1.807, 2.05) is 0 Å². The number of halogens is 2. The molecule has 0 bridgehead atoms. The second-order valence-electron chi connectivity index (χ2n) is 7.77. The molecule has 2 heterocycles. The monoisotopic (exact) mass is 469 g/mol. The van der Waals surface area contributed by atoms with Crippen molar-refractivity contribution >= 4 is 29.2 Å². The molecule has 1 aliphatic heterocycles. The number of nitrogens with one attached hydrogen (secondary N) is 1. The van der Waals surface area contributed by atoms with Gasteiger partial charge in [-0.2, -0.15) is 4.98 Å². The van der Waals surface area contributed by atoms with Crippen molar-refractivity contribution < 1.29 is 18.5 Å². The third-order valence-electron chi connectivity index (χ3n) is 5.56. The molecule has 0 fully saturated rings. The lowest BCUT2D eigenvalue weighted by Crippen LogP contribution is -2.31. The molecule has 5 rings (SSSR count). The largest absolute Gasteiger partial charge is 0.328 e. The fourth-order valence-electron chi connectivity index (χ4n) is 4.10. The Morgan fingerprint density at radius 3 is 2.58 bits per heavy atom. The Hall–Kier alpha value is -3.60. The molecule has 2 aromatic carbocycles. The molecule has 1 aliphatic carbocycles. The van der Waals surface area contributed by atoms with E-state index >= 15 is 0 Å². The molecule has 1 atom stereocenters. The van der Waals surface area contributed by atoms with E-state index in [1.165, 1.54) is 40.7 Å². The molecular formula is C22H17F2N5O3S. The maximum atomic E-state index is 14.0. The Bertz CT molecular complexity index is 1290. The van der Waals surface area contributed by atoms with Crippen molar-refractivity contribution in [2.75, 3.05) is 5.32 Å². The number of Topliss-reactive ketones (excluding diaryl/α,β-unsaturated/α-hetero) is 1. The van der Waals surface area contributed by atoms with Crippen LogP contribution in [0.1, 0.15) is 36.4 Å². The summed E-state index contributed by atoms with van der Waals surface area (Å²) in [7, 11) is 0. The summed E-state index contributed by atoms with van der Waals surface area (Å²) in [4.78, 5) is 27.7. The Morgan fingerprint density at radius 2 is 1.88 bits per heavy atom. The van der Waals surface area contributed by atoms with Gasteiger partial charge in [0.15, 0.2) is 5.78 Å². The van der Waals surface area contributed by atoms with Crippen molar-refractivity contribution in [1.29, 1.82) is 0 Å². The maximum absolute atomic E-state index is 14.0. The number of allylic oxidation sites excluding steroid dienone is 2. The predicted octanol–water partition coefficient (Wildman–Crippen LogP) is 4.78. The molecule has 0 spiro atoms. The Kier molecular flexibility index (Phi) is 5.41. The van der Waals surface area contributed by atoms with Gasteiger partial charge < -0.3 is 5.32 Å². The molecule has 8 nitrogen and oxygen atoms in total. The van der Waals surface area contributed by atoms with Crippen molar-refractivity contribution in [2.24, 2.45) is 0 Å². The van der Waals surface area contributed by atoms with E-state index in [2.05, 4.69) is 15.4 Å². The quantitative estimate of drug-likeness (QED) is 0.326. The highest BCUT2D eigenvalue weighted by atomic mass is 32.2. The van der Waals surface area contributed by atoms with E-state index in [9.17, 15) is 23.7 Å². The van der Waals surface area contributed by atoms with Crippen LogP contribution in [0.3, 0.4) is 0 Å². The third kappa shape index (κ3) is 4.11. The van der Waals surface area contributed by atoms with E-state index in [0.29, 0.717) is 47.4 Å². The molecule has 3 aromatic rings. The highest BCUT2D eigenvalue weighted by Gasteiger charge is 2.37. The summed E-state index contributed by atoms with van der Waals surface area (Å²) in [6.07, 6.45) is 1.68. The number of carbonyl (C=O) groups is 1. The topological polar surface area (TPSA) is 103 Å². The molecule has 0 unspecified atom stereocenters. The lowest BCUT2D eigenvalue weighted by atomic mass is 9.85. The SMILES string of the molecule is O=C1CCCC2=C1[C@@H](c1cc(F)cc(F)c1)n1nc(SCc3ccc([N+](=O)[O-])cc3)nc1N2. The average Bonchev–Trinajstić information content (AvgIpc) is 3.18. The minimum absolute atomic E-state index is 0.00928. The van der Waals surface area contributed by atoms with Crippen LogP contribution in [0.2, 0.25) is 0 Å². The predicted molar refractivity (Wildman–Crippen MR) is 117 cm³/mol. The summed E-state index contributed by atoms with van der Waals surface area (Å²) in [5.41, 5.74) is 2.30. The van der Waals surface area contributed by atoms with Gasteiger partial charge >= 0.3 is 0 Å². The molecule has 0 amide bonds. The summed E-state index contributed by atoms with van der Waals surface area (Å²) in [5, 5.41) is 18.9. The van der Waals surface area contributed by atoms with Gasteiger partial charge in [0, 0.05) is 41.6 Å². The van der Waals surface area contributed by atoms with Crippen LogP contribution in [0.5, 0.6) is 0 Å². The number of benzene rings is 2. The van der Waals surface area contributed by atoms with E-state index in [0.717, 1.165) is 11.6 Å². The number of hydrogen-bond donors (Lipinski definition) is 1. The van der Waals surface area contributed by atoms with Crippen LogP contribution in [0.4, 0.5) is 20.4 Å². The average molecular weight is 469 g/mol. The molecule has 33 heavy (non-hydrogen) atoms. The number of nitro groups is 1. The van der Waals surface area contributed by atoms with Crippen molar-refractivity contribution in [2.45, 2.75) is 36.2 Å². The molecule has 0 saturated heterocycles. The Balaban J connectivity index is 1.47. The maximum Gasteiger partial charge on any atom is 0.269 e. The van der Waals surface area contributed by atoms with E-state index in [-0.39, 0.29) is 17.0 Å². The zero-order valence-electron chi connectivity index (χ0n) is 17.1. The van der Waals surface area contributed by atoms with Gasteiger partial charge in [0.05, 0.1) is 4.92 Å². The highest BCUT2D eigenvalue weighted by molar-refractivity contribution is 7.98. The first-order chi connectivity index (χ1) is 15.9. The normalized spacial score (nSPS) is 17.4. The van der Waals surface area contributed by atoms with Crippen molar-refractivity contribution in [1.82, 2.24) is 14.8 Å². The number of non-ortho nitro benzene ring substituents is 1. The van der Waals surface area contributed by atoms with Gasteiger partial charge in [0.25, 0.3) is 5.69 Å². The van der Waals surface area contributed by atoms with Crippen LogP contribution >= 0.6 is 11.8 Å². The third-order valence-corrected chi connectivity index (χ3v) is 6.47. The standard InChI is InChI=1S/C22H17F2N5O3S/c23-14-8-13(9-15(24)10-14)20-19-17(2-1-3-18(19)30)25-21-26-22(27-28(20)21)33-11-12-4-6-16(7-5-12)29(31)32/h4-10,20H,1-3,11H2,(H,25,26,27)/t20-/m1/s1. The molecule has 168 valence electrons. The first-order valence-electron chi connectivity index (χ1n) is 10.2. The first kappa shape index (κ1) is 21.3. The van der Waals surface area contributed by atoms with E-state index in [4.69, 9.17) is 0 Å². The van der Waals surface area contributed by atoms with Crippen LogP contribution in [-0.2, 0) is 10.5 Å². The van der Waals surface area contributed by atoms with E-state index < -0.39 is 22.6 Å². The Morgan fingerprint density at radius 1 is 1.15 bits per heavy atom. The van der Waals surface area contributed by atoms with Crippen LogP contribution in [0.25, 0.3) is 0 Å². The number of nitro benzene ring substituents is 1. The fraction of sp³-hybridized carbons (Fsp3) is 0.227. The first-order valence-corrected chi connectivity index (χ1v) is 11.2. The lowest BCUT2D eigenvalue weighted by molar-refractivity contribution is -0.384. The van der Waals surface area contributed by atoms with Gasteiger partial charge in [-0.1, -0.05) is 23.9 Å². The number of thioether (sulfide) groups is 1. The molecule has 11 heteroatoms. The summed E-state index contributed by atoms with van der Waals surface area (Å²) in [5.74, 6) is -0.692. The van der Waals surface area contributed by atoms with Gasteiger partial charge in [0.1, 0.15) is 17.7 Å². The Labute approximate surface area is 190 Å². The second kappa shape index (κ2) is 8.39. The summed E-state index contributed by atoms with van der Waals surface area (Å²) < 4.78 is 29.5. The number of fused-ring (bicyclic) bond motifs is 1. The van der Waals surface area contributed by atoms with Gasteiger partial charge in [-0.05, 0) is 36.1 Å². The number of rotatable bonds is 5. The number of anilines is 1. The molecular weight excluding hydrogens is 452 g/mol. The number of carbonyl (C=O) groups excluding carboxylic acids is 1. The molecule has 1 aromatic heterocycles. The summed E-state index contributed by atoms with van der Waals surface area (Å²) in [6, 6.07) is 8.61.